The summed E-state index contributed by atoms with van der Waals surface area (Å²) in [5.74, 6) is 2.56. The minimum Gasteiger partial charge on any atom is -0.489 e. The van der Waals surface area contributed by atoms with Crippen LogP contribution >= 0.6 is 0 Å². The molecule has 1 saturated carbocycles. The molecule has 1 fully saturated rings. The van der Waals surface area contributed by atoms with Gasteiger partial charge in [-0.15, -0.1) is 0 Å². The number of ether oxygens (including phenoxy) is 2. The van der Waals surface area contributed by atoms with Crippen LogP contribution in [0.4, 0.5) is 0 Å². The number of rotatable bonds is 4. The molecular formula is C38H44O6. The second-order valence-corrected chi connectivity index (χ2v) is 15.9. The van der Waals surface area contributed by atoms with Gasteiger partial charge in [-0.1, -0.05) is 55.4 Å². The summed E-state index contributed by atoms with van der Waals surface area (Å²) in [6.07, 6.45) is 1.68. The molecule has 232 valence electrons. The first-order valence-corrected chi connectivity index (χ1v) is 16.0. The largest absolute Gasteiger partial charge is 0.489 e. The Labute approximate surface area is 258 Å². The van der Waals surface area contributed by atoms with Gasteiger partial charge in [-0.3, -0.25) is 0 Å². The number of fused-ring (bicyclic) bond motifs is 6. The Kier molecular flexibility index (Phi) is 5.98. The van der Waals surface area contributed by atoms with Crippen molar-refractivity contribution in [3.05, 3.63) is 79.5 Å². The summed E-state index contributed by atoms with van der Waals surface area (Å²) in [7, 11) is 0. The molecule has 3 aliphatic rings. The number of benzene rings is 2. The van der Waals surface area contributed by atoms with Gasteiger partial charge >= 0.3 is 11.3 Å². The van der Waals surface area contributed by atoms with Gasteiger partial charge in [0.2, 0.25) is 0 Å². The third-order valence-electron chi connectivity index (χ3n) is 12.2. The summed E-state index contributed by atoms with van der Waals surface area (Å²) in [6.45, 7) is 22.5. The Hall–Kier alpha value is -3.54. The Bertz CT molecular complexity index is 1810. The second-order valence-electron chi connectivity index (χ2n) is 15.9. The van der Waals surface area contributed by atoms with E-state index in [0.29, 0.717) is 23.0 Å². The van der Waals surface area contributed by atoms with Crippen molar-refractivity contribution in [1.29, 1.82) is 0 Å². The van der Waals surface area contributed by atoms with Crippen molar-refractivity contribution in [2.45, 2.75) is 105 Å². The molecule has 0 bridgehead atoms. The maximum atomic E-state index is 12.2. The van der Waals surface area contributed by atoms with E-state index < -0.39 is 0 Å². The van der Waals surface area contributed by atoms with Gasteiger partial charge in [-0.2, -0.15) is 0 Å². The molecule has 4 heterocycles. The van der Waals surface area contributed by atoms with Crippen molar-refractivity contribution < 1.29 is 18.3 Å². The molecule has 2 unspecified atom stereocenters. The van der Waals surface area contributed by atoms with Crippen LogP contribution in [0.2, 0.25) is 0 Å². The van der Waals surface area contributed by atoms with Gasteiger partial charge in [-0.25, -0.2) is 9.59 Å². The highest BCUT2D eigenvalue weighted by Crippen LogP contribution is 2.66. The molecule has 2 aromatic carbocycles. The van der Waals surface area contributed by atoms with Crippen molar-refractivity contribution in [3.8, 4) is 11.5 Å². The molecule has 2 aromatic heterocycles. The van der Waals surface area contributed by atoms with E-state index in [0.717, 1.165) is 46.2 Å². The normalized spacial score (nSPS) is 27.0. The quantitative estimate of drug-likeness (QED) is 0.222. The van der Waals surface area contributed by atoms with E-state index >= 15 is 0 Å². The molecule has 44 heavy (non-hydrogen) atoms. The van der Waals surface area contributed by atoms with E-state index in [4.69, 9.17) is 18.3 Å². The molecule has 6 nitrogen and oxygen atoms in total. The summed E-state index contributed by atoms with van der Waals surface area (Å²) in [5.41, 5.74) is 4.49. The van der Waals surface area contributed by atoms with Crippen LogP contribution in [0.15, 0.2) is 54.8 Å². The number of hydrogen-bond donors (Lipinski definition) is 0. The zero-order chi connectivity index (χ0) is 31.7. The highest BCUT2D eigenvalue weighted by molar-refractivity contribution is 5.87. The maximum absolute atomic E-state index is 12.2. The van der Waals surface area contributed by atoms with Crippen LogP contribution in [0.1, 0.15) is 91.5 Å². The minimum absolute atomic E-state index is 0.0269. The van der Waals surface area contributed by atoms with Crippen LogP contribution in [0.5, 0.6) is 11.5 Å². The Morgan fingerprint density at radius 3 is 1.32 bits per heavy atom. The predicted molar refractivity (Wildman–Crippen MR) is 173 cm³/mol. The lowest BCUT2D eigenvalue weighted by Crippen LogP contribution is -2.60. The molecule has 0 N–H and O–H groups in total. The monoisotopic (exact) mass is 596 g/mol. The summed E-state index contributed by atoms with van der Waals surface area (Å²) in [6, 6.07) is 11.1. The molecule has 1 aliphatic carbocycles. The Morgan fingerprint density at radius 1 is 0.591 bits per heavy atom. The summed E-state index contributed by atoms with van der Waals surface area (Å²) in [4.78, 5) is 24.5. The highest BCUT2D eigenvalue weighted by Gasteiger charge is 2.61. The fourth-order valence-electron chi connectivity index (χ4n) is 9.10. The zero-order valence-electron chi connectivity index (χ0n) is 27.6. The van der Waals surface area contributed by atoms with Crippen molar-refractivity contribution in [1.82, 2.24) is 0 Å². The van der Waals surface area contributed by atoms with Crippen LogP contribution in [-0.4, -0.2) is 12.2 Å². The van der Waals surface area contributed by atoms with Crippen molar-refractivity contribution in [2.75, 3.05) is 0 Å². The van der Waals surface area contributed by atoms with E-state index in [1.54, 1.807) is 0 Å². The molecule has 7 rings (SSSR count). The van der Waals surface area contributed by atoms with Crippen LogP contribution in [-0.2, 0) is 23.7 Å². The molecule has 0 radical (unpaired) electrons. The lowest BCUT2D eigenvalue weighted by atomic mass is 9.39. The summed E-state index contributed by atoms with van der Waals surface area (Å²) < 4.78 is 24.7. The zero-order valence-corrected chi connectivity index (χ0v) is 27.6. The lowest BCUT2D eigenvalue weighted by Gasteiger charge is -2.65. The van der Waals surface area contributed by atoms with Gasteiger partial charge in [-0.05, 0) is 84.7 Å². The van der Waals surface area contributed by atoms with Gasteiger partial charge in [0.25, 0.3) is 0 Å². The van der Waals surface area contributed by atoms with E-state index in [1.165, 1.54) is 23.3 Å². The van der Waals surface area contributed by atoms with Gasteiger partial charge in [0, 0.05) is 44.9 Å². The number of hydrogen-bond acceptors (Lipinski definition) is 6. The van der Waals surface area contributed by atoms with Crippen LogP contribution < -0.4 is 20.7 Å². The van der Waals surface area contributed by atoms with E-state index in [9.17, 15) is 9.59 Å². The fourth-order valence-corrected chi connectivity index (χ4v) is 9.10. The standard InChI is InChI=1S/C38H44O6/c1-19-35(3,4)29-31-21(11-13-27(39)43-31)15-23(33(29)41-19)17-25-37(7,8)26(38(25,9)10)18-24-16-22-12-14-28(40)44-32(22)30-34(24)42-20(2)36(30,5)6/h11-16,19-20,25-26H,17-18H2,1-10H3. The topological polar surface area (TPSA) is 78.9 Å². The Balaban J connectivity index is 1.28. The van der Waals surface area contributed by atoms with Crippen molar-refractivity contribution >= 4 is 21.9 Å². The van der Waals surface area contributed by atoms with E-state index in [-0.39, 0.29) is 45.1 Å². The molecule has 0 spiro atoms. The van der Waals surface area contributed by atoms with Crippen molar-refractivity contribution in [2.24, 2.45) is 22.7 Å². The first-order valence-electron chi connectivity index (χ1n) is 16.0. The van der Waals surface area contributed by atoms with Gasteiger partial charge in [0.1, 0.15) is 34.9 Å². The highest BCUT2D eigenvalue weighted by atomic mass is 16.5. The van der Waals surface area contributed by atoms with E-state index in [2.05, 4.69) is 81.4 Å². The molecule has 0 amide bonds. The molecular weight excluding hydrogens is 552 g/mol. The first-order chi connectivity index (χ1) is 20.5. The smallest absolute Gasteiger partial charge is 0.336 e. The SMILES string of the molecule is CC1Oc2c(CC3C(C)(C)C(Cc4cc5ccc(=O)oc5c5c4OC(C)C5(C)C)C3(C)C)cc3ccc(=O)oc3c2C1(C)C. The fraction of sp³-hybridized carbons (Fsp3) is 0.526. The van der Waals surface area contributed by atoms with E-state index in [1.807, 2.05) is 12.1 Å². The van der Waals surface area contributed by atoms with Crippen LogP contribution in [0, 0.1) is 22.7 Å². The molecule has 4 aromatic rings. The minimum atomic E-state index is -0.337. The summed E-state index contributed by atoms with van der Waals surface area (Å²) >= 11 is 0. The van der Waals surface area contributed by atoms with Gasteiger partial charge < -0.3 is 18.3 Å². The predicted octanol–water partition coefficient (Wildman–Crippen LogP) is 8.10. The average Bonchev–Trinajstić information content (AvgIpc) is 3.32. The Morgan fingerprint density at radius 2 is 0.955 bits per heavy atom. The van der Waals surface area contributed by atoms with Gasteiger partial charge in [0.05, 0.1) is 0 Å². The molecule has 6 heteroatoms. The second kappa shape index (κ2) is 9.02. The average molecular weight is 597 g/mol. The maximum Gasteiger partial charge on any atom is 0.336 e. The third-order valence-corrected chi connectivity index (χ3v) is 12.2. The van der Waals surface area contributed by atoms with Crippen molar-refractivity contribution in [3.63, 3.8) is 0 Å². The van der Waals surface area contributed by atoms with Crippen LogP contribution in [0.25, 0.3) is 21.9 Å². The van der Waals surface area contributed by atoms with Crippen LogP contribution in [0.3, 0.4) is 0 Å². The third kappa shape index (κ3) is 3.85. The molecule has 0 saturated heterocycles. The first kappa shape index (κ1) is 29.2. The molecule has 2 aliphatic heterocycles. The van der Waals surface area contributed by atoms with Gasteiger partial charge in [0.15, 0.2) is 0 Å². The molecule has 2 atom stereocenters. The lowest BCUT2D eigenvalue weighted by molar-refractivity contribution is -0.161. The summed E-state index contributed by atoms with van der Waals surface area (Å²) in [5, 5.41) is 1.89.